The molecule has 1 aromatic carbocycles. The first-order chi connectivity index (χ1) is 8.72. The Bertz CT molecular complexity index is 604. The van der Waals surface area contributed by atoms with Crippen molar-refractivity contribution in [1.29, 1.82) is 5.26 Å². The van der Waals surface area contributed by atoms with E-state index in [1.165, 1.54) is 0 Å². The van der Waals surface area contributed by atoms with Gasteiger partial charge in [-0.1, -0.05) is 6.07 Å². The van der Waals surface area contributed by atoms with Gasteiger partial charge in [-0.2, -0.15) is 5.26 Å². The Kier molecular flexibility index (Phi) is 3.30. The van der Waals surface area contributed by atoms with Crippen LogP contribution in [0.25, 0.3) is 0 Å². The first-order valence-electron chi connectivity index (χ1n) is 5.30. The van der Waals surface area contributed by atoms with Crippen molar-refractivity contribution >= 4 is 17.2 Å². The molecule has 0 unspecified atom stereocenters. The van der Waals surface area contributed by atoms with Gasteiger partial charge in [0.1, 0.15) is 17.6 Å². The van der Waals surface area contributed by atoms with Gasteiger partial charge in [-0.05, 0) is 24.3 Å². The number of benzene rings is 1. The highest BCUT2D eigenvalue weighted by molar-refractivity contribution is 5.62. The average Bonchev–Trinajstić information content (AvgIpc) is 2.41. The summed E-state index contributed by atoms with van der Waals surface area (Å²) < 4.78 is 5.12. The third-order valence-electron chi connectivity index (χ3n) is 2.37. The first kappa shape index (κ1) is 11.7. The van der Waals surface area contributed by atoms with E-state index in [4.69, 9.17) is 15.7 Å². The van der Waals surface area contributed by atoms with E-state index in [0.717, 1.165) is 11.4 Å². The lowest BCUT2D eigenvalue weighted by atomic mass is 10.3. The van der Waals surface area contributed by atoms with E-state index in [9.17, 15) is 0 Å². The monoisotopic (exact) mass is 240 g/mol. The third-order valence-corrected chi connectivity index (χ3v) is 2.37. The molecule has 18 heavy (non-hydrogen) atoms. The molecule has 0 radical (unpaired) electrons. The van der Waals surface area contributed by atoms with Crippen LogP contribution in [0, 0.1) is 11.3 Å². The van der Waals surface area contributed by atoms with Crippen LogP contribution in [0.2, 0.25) is 0 Å². The van der Waals surface area contributed by atoms with Gasteiger partial charge in [0.15, 0.2) is 5.69 Å². The Morgan fingerprint density at radius 2 is 2.17 bits per heavy atom. The van der Waals surface area contributed by atoms with E-state index in [1.807, 2.05) is 30.3 Å². The van der Waals surface area contributed by atoms with Crippen molar-refractivity contribution in [3.8, 4) is 11.8 Å². The smallest absolute Gasteiger partial charge is 0.165 e. The predicted molar refractivity (Wildman–Crippen MR) is 69.6 cm³/mol. The summed E-state index contributed by atoms with van der Waals surface area (Å²) in [5.74, 6) is 1.31. The third kappa shape index (κ3) is 2.50. The van der Waals surface area contributed by atoms with Gasteiger partial charge >= 0.3 is 0 Å². The largest absolute Gasteiger partial charge is 0.497 e. The fourth-order valence-corrected chi connectivity index (χ4v) is 1.48. The van der Waals surface area contributed by atoms with Crippen molar-refractivity contribution < 1.29 is 4.74 Å². The van der Waals surface area contributed by atoms with Gasteiger partial charge in [0.05, 0.1) is 12.8 Å². The van der Waals surface area contributed by atoms with Crippen molar-refractivity contribution in [3.63, 3.8) is 0 Å². The minimum absolute atomic E-state index is 0.211. The van der Waals surface area contributed by atoms with Gasteiger partial charge in [-0.15, -0.1) is 0 Å². The van der Waals surface area contributed by atoms with E-state index in [1.54, 1.807) is 19.2 Å². The molecular weight excluding hydrogens is 228 g/mol. The number of nitriles is 1. The maximum Gasteiger partial charge on any atom is 0.165 e. The number of nitrogens with one attached hydrogen (secondary N) is 1. The molecule has 2 aromatic rings. The maximum atomic E-state index is 8.85. The number of nitrogen functional groups attached to an aromatic ring is 1. The van der Waals surface area contributed by atoms with Gasteiger partial charge in [0.2, 0.25) is 0 Å². The Hall–Kier alpha value is -2.74. The molecule has 0 atom stereocenters. The van der Waals surface area contributed by atoms with Gasteiger partial charge in [-0.25, -0.2) is 4.98 Å². The highest BCUT2D eigenvalue weighted by Gasteiger charge is 2.03. The second kappa shape index (κ2) is 5.06. The van der Waals surface area contributed by atoms with Crippen molar-refractivity contribution in [2.75, 3.05) is 18.2 Å². The van der Waals surface area contributed by atoms with Gasteiger partial charge in [0.25, 0.3) is 0 Å². The highest BCUT2D eigenvalue weighted by atomic mass is 16.5. The Labute approximate surface area is 105 Å². The van der Waals surface area contributed by atoms with Crippen LogP contribution in [0.3, 0.4) is 0 Å². The number of hydrogen-bond donors (Lipinski definition) is 2. The summed E-state index contributed by atoms with van der Waals surface area (Å²) >= 11 is 0. The Balaban J connectivity index is 2.26. The van der Waals surface area contributed by atoms with Crippen LogP contribution >= 0.6 is 0 Å². The SMILES string of the molecule is COc1cccc(Nc2ccc(N)c(C#N)n2)c1. The van der Waals surface area contributed by atoms with Crippen LogP contribution in [0.5, 0.6) is 5.75 Å². The minimum atomic E-state index is 0.211. The summed E-state index contributed by atoms with van der Waals surface area (Å²) in [6, 6.07) is 12.7. The molecule has 0 aliphatic rings. The predicted octanol–water partition coefficient (Wildman–Crippen LogP) is 2.29. The molecule has 1 aromatic heterocycles. The summed E-state index contributed by atoms with van der Waals surface area (Å²) in [7, 11) is 1.61. The lowest BCUT2D eigenvalue weighted by molar-refractivity contribution is 0.415. The quantitative estimate of drug-likeness (QED) is 0.859. The molecular formula is C13H12N4O. The summed E-state index contributed by atoms with van der Waals surface area (Å²) in [4.78, 5) is 4.10. The van der Waals surface area contributed by atoms with E-state index >= 15 is 0 Å². The summed E-state index contributed by atoms with van der Waals surface area (Å²) in [6.07, 6.45) is 0. The van der Waals surface area contributed by atoms with Gasteiger partial charge < -0.3 is 15.8 Å². The van der Waals surface area contributed by atoms with Crippen molar-refractivity contribution in [3.05, 3.63) is 42.1 Å². The van der Waals surface area contributed by atoms with Crippen LogP contribution in [0.15, 0.2) is 36.4 Å². The number of aromatic nitrogens is 1. The number of nitrogens with two attached hydrogens (primary N) is 1. The molecule has 0 amide bonds. The molecule has 90 valence electrons. The zero-order valence-corrected chi connectivity index (χ0v) is 9.84. The molecule has 2 rings (SSSR count). The van der Waals surface area contributed by atoms with Crippen molar-refractivity contribution in [1.82, 2.24) is 4.98 Å². The second-order valence-electron chi connectivity index (χ2n) is 3.60. The normalized spacial score (nSPS) is 9.56. The van der Waals surface area contributed by atoms with Crippen LogP contribution in [-0.2, 0) is 0 Å². The number of pyridine rings is 1. The molecule has 0 bridgehead atoms. The van der Waals surface area contributed by atoms with Crippen molar-refractivity contribution in [2.45, 2.75) is 0 Å². The number of rotatable bonds is 3. The van der Waals surface area contributed by atoms with Gasteiger partial charge in [0, 0.05) is 11.8 Å². The number of anilines is 3. The molecule has 5 heteroatoms. The van der Waals surface area contributed by atoms with Crippen LogP contribution in [-0.4, -0.2) is 12.1 Å². The minimum Gasteiger partial charge on any atom is -0.497 e. The standard InChI is InChI=1S/C13H12N4O/c1-18-10-4-2-3-9(7-10)16-13-6-5-11(15)12(8-14)17-13/h2-7H,15H2,1H3,(H,16,17). The molecule has 0 spiro atoms. The zero-order valence-electron chi connectivity index (χ0n) is 9.84. The molecule has 0 saturated carbocycles. The lowest BCUT2D eigenvalue weighted by Gasteiger charge is -2.08. The second-order valence-corrected chi connectivity index (χ2v) is 3.60. The molecule has 0 aliphatic heterocycles. The number of methoxy groups -OCH3 is 1. The molecule has 0 fully saturated rings. The number of ether oxygens (including phenoxy) is 1. The van der Waals surface area contributed by atoms with E-state index < -0.39 is 0 Å². The average molecular weight is 240 g/mol. The summed E-state index contributed by atoms with van der Waals surface area (Å²) in [5, 5.41) is 11.9. The summed E-state index contributed by atoms with van der Waals surface area (Å²) in [5.41, 5.74) is 7.02. The lowest BCUT2D eigenvalue weighted by Crippen LogP contribution is -1.99. The molecule has 1 heterocycles. The first-order valence-corrected chi connectivity index (χ1v) is 5.30. The number of hydrogen-bond acceptors (Lipinski definition) is 5. The van der Waals surface area contributed by atoms with Crippen LogP contribution in [0.4, 0.5) is 17.2 Å². The molecule has 3 N–H and O–H groups in total. The fraction of sp³-hybridized carbons (Fsp3) is 0.0769. The Morgan fingerprint density at radius 1 is 1.33 bits per heavy atom. The topological polar surface area (TPSA) is 84.0 Å². The summed E-state index contributed by atoms with van der Waals surface area (Å²) in [6.45, 7) is 0. The van der Waals surface area contributed by atoms with E-state index in [2.05, 4.69) is 10.3 Å². The van der Waals surface area contributed by atoms with Crippen molar-refractivity contribution in [2.24, 2.45) is 0 Å². The zero-order chi connectivity index (χ0) is 13.0. The molecule has 0 saturated heterocycles. The maximum absolute atomic E-state index is 8.85. The van der Waals surface area contributed by atoms with Gasteiger partial charge in [-0.3, -0.25) is 0 Å². The van der Waals surface area contributed by atoms with E-state index in [-0.39, 0.29) is 5.69 Å². The van der Waals surface area contributed by atoms with Crippen LogP contribution < -0.4 is 15.8 Å². The fourth-order valence-electron chi connectivity index (χ4n) is 1.48. The molecule has 0 aliphatic carbocycles. The van der Waals surface area contributed by atoms with E-state index in [0.29, 0.717) is 11.5 Å². The highest BCUT2D eigenvalue weighted by Crippen LogP contribution is 2.21. The number of nitrogens with zero attached hydrogens (tertiary/aromatic N) is 2. The Morgan fingerprint density at radius 3 is 2.89 bits per heavy atom. The molecule has 5 nitrogen and oxygen atoms in total. The van der Waals surface area contributed by atoms with Crippen LogP contribution in [0.1, 0.15) is 5.69 Å².